The van der Waals surface area contributed by atoms with Crippen molar-refractivity contribution in [1.82, 2.24) is 0 Å². The highest BCUT2D eigenvalue weighted by Crippen LogP contribution is 2.30. The van der Waals surface area contributed by atoms with Crippen LogP contribution in [0.3, 0.4) is 0 Å². The van der Waals surface area contributed by atoms with Crippen LogP contribution in [0.2, 0.25) is 5.02 Å². The first-order valence-electron chi connectivity index (χ1n) is 5.50. The quantitative estimate of drug-likeness (QED) is 0.834. The van der Waals surface area contributed by atoms with Crippen molar-refractivity contribution in [2.75, 3.05) is 5.32 Å². The number of rotatable bonds is 2. The Bertz CT molecular complexity index is 645. The molecule has 1 N–H and O–H groups in total. The topological polar surface area (TPSA) is 29.1 Å². The number of aryl methyl sites for hydroxylation is 1. The van der Waals surface area contributed by atoms with Crippen LogP contribution in [-0.4, -0.2) is 5.91 Å². The van der Waals surface area contributed by atoms with Crippen LogP contribution in [0.1, 0.15) is 15.9 Å². The number of hydrogen-bond donors (Lipinski definition) is 1. The number of anilines is 1. The zero-order valence-corrected chi connectivity index (χ0v) is 12.3. The summed E-state index contributed by atoms with van der Waals surface area (Å²) in [6.07, 6.45) is 0. The summed E-state index contributed by atoms with van der Waals surface area (Å²) in [5.74, 6) is -0.668. The van der Waals surface area contributed by atoms with Gasteiger partial charge in [-0.2, -0.15) is 0 Å². The Labute approximate surface area is 123 Å². The van der Waals surface area contributed by atoms with Gasteiger partial charge in [-0.05, 0) is 58.7 Å². The summed E-state index contributed by atoms with van der Waals surface area (Å²) >= 11 is 9.25. The fraction of sp³-hybridized carbons (Fsp3) is 0.0714. The molecular weight excluding hydrogens is 333 g/mol. The largest absolute Gasteiger partial charge is 0.321 e. The molecule has 2 nitrogen and oxygen atoms in total. The molecule has 1 amide bonds. The monoisotopic (exact) mass is 341 g/mol. The lowest BCUT2D eigenvalue weighted by Crippen LogP contribution is -2.13. The van der Waals surface area contributed by atoms with Crippen LogP contribution in [0, 0.1) is 12.7 Å². The molecular formula is C14H10BrClFNO. The van der Waals surface area contributed by atoms with Gasteiger partial charge in [0.2, 0.25) is 0 Å². The molecule has 2 aromatic rings. The van der Waals surface area contributed by atoms with E-state index >= 15 is 0 Å². The number of nitrogens with one attached hydrogen (secondary N) is 1. The summed E-state index contributed by atoms with van der Waals surface area (Å²) in [6.45, 7) is 1.69. The van der Waals surface area contributed by atoms with Gasteiger partial charge in [-0.3, -0.25) is 4.79 Å². The molecule has 0 radical (unpaired) electrons. The van der Waals surface area contributed by atoms with Gasteiger partial charge in [-0.25, -0.2) is 4.39 Å². The van der Waals surface area contributed by atoms with Crippen molar-refractivity contribution >= 4 is 39.1 Å². The van der Waals surface area contributed by atoms with Gasteiger partial charge in [-0.15, -0.1) is 0 Å². The summed E-state index contributed by atoms with van der Waals surface area (Å²) in [5.41, 5.74) is 1.57. The molecule has 19 heavy (non-hydrogen) atoms. The maximum atomic E-state index is 13.0. The van der Waals surface area contributed by atoms with E-state index in [0.717, 1.165) is 0 Å². The van der Waals surface area contributed by atoms with E-state index in [9.17, 15) is 9.18 Å². The summed E-state index contributed by atoms with van der Waals surface area (Å²) < 4.78 is 13.6. The van der Waals surface area contributed by atoms with Crippen molar-refractivity contribution in [3.63, 3.8) is 0 Å². The minimum atomic E-state index is -0.363. The number of carbonyl (C=O) groups excluding carboxylic acids is 1. The maximum absolute atomic E-state index is 13.0. The molecule has 0 heterocycles. The molecule has 0 saturated heterocycles. The Morgan fingerprint density at radius 1 is 1.32 bits per heavy atom. The Morgan fingerprint density at radius 3 is 2.74 bits per heavy atom. The molecule has 0 bridgehead atoms. The van der Waals surface area contributed by atoms with Gasteiger partial charge in [0, 0.05) is 5.56 Å². The molecule has 0 aliphatic carbocycles. The van der Waals surface area contributed by atoms with E-state index in [1.54, 1.807) is 25.1 Å². The predicted octanol–water partition coefficient (Wildman–Crippen LogP) is 4.80. The Kier molecular flexibility index (Phi) is 4.22. The van der Waals surface area contributed by atoms with Crippen molar-refractivity contribution in [1.29, 1.82) is 0 Å². The molecule has 0 aliphatic heterocycles. The second-order valence-corrected chi connectivity index (χ2v) is 5.21. The number of carbonyl (C=O) groups is 1. The normalized spacial score (nSPS) is 10.3. The van der Waals surface area contributed by atoms with Crippen molar-refractivity contribution in [3.8, 4) is 0 Å². The van der Waals surface area contributed by atoms with Crippen molar-refractivity contribution in [2.45, 2.75) is 6.92 Å². The molecule has 98 valence electrons. The van der Waals surface area contributed by atoms with Crippen LogP contribution in [0.25, 0.3) is 0 Å². The van der Waals surface area contributed by atoms with E-state index in [2.05, 4.69) is 21.2 Å². The van der Waals surface area contributed by atoms with E-state index < -0.39 is 0 Å². The molecule has 0 aliphatic rings. The molecule has 0 fully saturated rings. The van der Waals surface area contributed by atoms with Gasteiger partial charge in [0.05, 0.1) is 15.2 Å². The Hall–Kier alpha value is -1.39. The second kappa shape index (κ2) is 5.72. The van der Waals surface area contributed by atoms with Crippen LogP contribution in [0.15, 0.2) is 40.9 Å². The minimum Gasteiger partial charge on any atom is -0.321 e. The van der Waals surface area contributed by atoms with Crippen LogP contribution in [0.4, 0.5) is 10.1 Å². The predicted molar refractivity (Wildman–Crippen MR) is 78.2 cm³/mol. The zero-order valence-electron chi connectivity index (χ0n) is 10.0. The Balaban J connectivity index is 2.28. The average molecular weight is 343 g/mol. The summed E-state index contributed by atoms with van der Waals surface area (Å²) in [4.78, 5) is 12.1. The van der Waals surface area contributed by atoms with E-state index in [1.165, 1.54) is 18.2 Å². The summed E-state index contributed by atoms with van der Waals surface area (Å²) in [7, 11) is 0. The van der Waals surface area contributed by atoms with Gasteiger partial charge >= 0.3 is 0 Å². The van der Waals surface area contributed by atoms with Gasteiger partial charge in [-0.1, -0.05) is 17.7 Å². The zero-order chi connectivity index (χ0) is 14.0. The number of amides is 1. The lowest BCUT2D eigenvalue weighted by molar-refractivity contribution is 0.102. The van der Waals surface area contributed by atoms with Crippen molar-refractivity contribution in [3.05, 3.63) is 62.8 Å². The first-order chi connectivity index (χ1) is 8.99. The van der Waals surface area contributed by atoms with Gasteiger partial charge in [0.1, 0.15) is 5.82 Å². The molecule has 2 aromatic carbocycles. The van der Waals surface area contributed by atoms with Crippen LogP contribution >= 0.6 is 27.5 Å². The highest BCUT2D eigenvalue weighted by Gasteiger charge is 2.12. The summed E-state index contributed by atoms with van der Waals surface area (Å²) in [6, 6.07) is 9.21. The van der Waals surface area contributed by atoms with Crippen LogP contribution in [0.5, 0.6) is 0 Å². The fourth-order valence-electron chi connectivity index (χ4n) is 1.67. The highest BCUT2D eigenvalue weighted by atomic mass is 79.9. The van der Waals surface area contributed by atoms with E-state index in [4.69, 9.17) is 11.6 Å². The molecule has 0 saturated carbocycles. The third-order valence-corrected chi connectivity index (χ3v) is 4.03. The second-order valence-electron chi connectivity index (χ2n) is 4.01. The number of halogens is 3. The van der Waals surface area contributed by atoms with E-state index in [0.29, 0.717) is 26.3 Å². The Morgan fingerprint density at radius 2 is 2.05 bits per heavy atom. The third kappa shape index (κ3) is 3.14. The SMILES string of the molecule is Cc1cc(F)ccc1C(=O)Nc1cccc(Cl)c1Br. The van der Waals surface area contributed by atoms with Crippen molar-refractivity contribution in [2.24, 2.45) is 0 Å². The minimum absolute atomic E-state index is 0.305. The fourth-order valence-corrected chi connectivity index (χ4v) is 2.21. The molecule has 5 heteroatoms. The summed E-state index contributed by atoms with van der Waals surface area (Å²) in [5, 5.41) is 3.24. The lowest BCUT2D eigenvalue weighted by Gasteiger charge is -2.10. The average Bonchev–Trinajstić information content (AvgIpc) is 2.34. The van der Waals surface area contributed by atoms with Gasteiger partial charge in [0.15, 0.2) is 0 Å². The first-order valence-corrected chi connectivity index (χ1v) is 6.67. The van der Waals surface area contributed by atoms with E-state index in [1.807, 2.05) is 0 Å². The molecule has 0 spiro atoms. The highest BCUT2D eigenvalue weighted by molar-refractivity contribution is 9.10. The molecule has 0 aromatic heterocycles. The van der Waals surface area contributed by atoms with Crippen LogP contribution < -0.4 is 5.32 Å². The van der Waals surface area contributed by atoms with E-state index in [-0.39, 0.29) is 11.7 Å². The standard InChI is InChI=1S/C14H10BrClFNO/c1-8-7-9(17)5-6-10(8)14(19)18-12-4-2-3-11(16)13(12)15/h2-7H,1H3,(H,18,19). The third-order valence-electron chi connectivity index (χ3n) is 2.63. The molecule has 2 rings (SSSR count). The van der Waals surface area contributed by atoms with Crippen LogP contribution in [-0.2, 0) is 0 Å². The lowest BCUT2D eigenvalue weighted by atomic mass is 10.1. The number of hydrogen-bond acceptors (Lipinski definition) is 1. The van der Waals surface area contributed by atoms with Crippen molar-refractivity contribution < 1.29 is 9.18 Å². The van der Waals surface area contributed by atoms with Gasteiger partial charge in [0.25, 0.3) is 5.91 Å². The molecule has 0 unspecified atom stereocenters. The first kappa shape index (κ1) is 14.0. The van der Waals surface area contributed by atoms with Gasteiger partial charge < -0.3 is 5.32 Å². The number of benzene rings is 2. The smallest absolute Gasteiger partial charge is 0.255 e. The maximum Gasteiger partial charge on any atom is 0.255 e. The molecule has 0 atom stereocenters.